The first kappa shape index (κ1) is 14.7. The highest BCUT2D eigenvalue weighted by atomic mass is 16.5. The quantitative estimate of drug-likeness (QED) is 0.681. The first-order valence-electron chi connectivity index (χ1n) is 6.86. The number of rotatable bonds is 7. The number of morpholine rings is 1. The summed E-state index contributed by atoms with van der Waals surface area (Å²) < 4.78 is 10.3. The van der Waals surface area contributed by atoms with Crippen molar-refractivity contribution in [1.82, 2.24) is 15.0 Å². The van der Waals surface area contributed by atoms with E-state index in [0.29, 0.717) is 25.1 Å². The molecule has 0 saturated carbocycles. The third-order valence-electron chi connectivity index (χ3n) is 2.99. The minimum atomic E-state index is 0.237. The Morgan fingerprint density at radius 3 is 2.80 bits per heavy atom. The summed E-state index contributed by atoms with van der Waals surface area (Å²) in [5.74, 6) is 1.37. The molecule has 0 amide bonds. The number of aromatic nitrogens is 3. The zero-order valence-electron chi connectivity index (χ0n) is 11.8. The van der Waals surface area contributed by atoms with Gasteiger partial charge in [0.15, 0.2) is 0 Å². The molecule has 0 unspecified atom stereocenters. The minimum Gasteiger partial charge on any atom is -0.385 e. The monoisotopic (exact) mass is 282 g/mol. The summed E-state index contributed by atoms with van der Waals surface area (Å²) in [6, 6.07) is 0. The maximum atomic E-state index is 5.74. The Kier molecular flexibility index (Phi) is 5.75. The molecule has 2 rings (SSSR count). The molecule has 1 aliphatic rings. The maximum Gasteiger partial charge on any atom is 0.232 e. The molecule has 112 valence electrons. The number of nitrogens with zero attached hydrogens (tertiary/aromatic N) is 4. The van der Waals surface area contributed by atoms with Crippen molar-refractivity contribution in [3.63, 3.8) is 0 Å². The fourth-order valence-electron chi connectivity index (χ4n) is 1.94. The standard InChI is InChI=1S/C12H22N6O2/c1-19-7-3-2-4-14-11-15-10(13)16-12(17-11)18-5-8-20-9-6-18/h2-9H2,1H3,(H3,13,14,15,16,17). The fraction of sp³-hybridized carbons (Fsp3) is 0.750. The van der Waals surface area contributed by atoms with Gasteiger partial charge in [-0.2, -0.15) is 15.0 Å². The summed E-state index contributed by atoms with van der Waals surface area (Å²) in [7, 11) is 1.70. The Hall–Kier alpha value is -1.67. The molecule has 8 heteroatoms. The van der Waals surface area contributed by atoms with Crippen molar-refractivity contribution in [1.29, 1.82) is 0 Å². The number of hydrogen-bond donors (Lipinski definition) is 2. The van der Waals surface area contributed by atoms with Gasteiger partial charge in [-0.25, -0.2) is 0 Å². The lowest BCUT2D eigenvalue weighted by Crippen LogP contribution is -2.37. The van der Waals surface area contributed by atoms with E-state index in [1.807, 2.05) is 0 Å². The van der Waals surface area contributed by atoms with Crippen molar-refractivity contribution in [2.75, 3.05) is 62.5 Å². The SMILES string of the molecule is COCCCCNc1nc(N)nc(N2CCOCC2)n1. The number of methoxy groups -OCH3 is 1. The molecule has 0 radical (unpaired) electrons. The summed E-state index contributed by atoms with van der Waals surface area (Å²) in [6.07, 6.45) is 1.99. The van der Waals surface area contributed by atoms with Gasteiger partial charge in [-0.1, -0.05) is 0 Å². The molecule has 1 aromatic rings. The highest BCUT2D eigenvalue weighted by Gasteiger charge is 2.15. The number of hydrogen-bond acceptors (Lipinski definition) is 8. The molecule has 0 spiro atoms. The second-order valence-electron chi connectivity index (χ2n) is 4.54. The summed E-state index contributed by atoms with van der Waals surface area (Å²) in [5.41, 5.74) is 5.74. The molecule has 1 saturated heterocycles. The summed E-state index contributed by atoms with van der Waals surface area (Å²) >= 11 is 0. The van der Waals surface area contributed by atoms with Crippen LogP contribution < -0.4 is 16.0 Å². The number of unbranched alkanes of at least 4 members (excludes halogenated alkanes) is 1. The lowest BCUT2D eigenvalue weighted by Gasteiger charge is -2.26. The molecule has 0 atom stereocenters. The van der Waals surface area contributed by atoms with E-state index in [4.69, 9.17) is 15.2 Å². The molecular formula is C12H22N6O2. The van der Waals surface area contributed by atoms with E-state index in [1.54, 1.807) is 7.11 Å². The largest absolute Gasteiger partial charge is 0.385 e. The second kappa shape index (κ2) is 7.81. The van der Waals surface area contributed by atoms with Gasteiger partial charge in [0, 0.05) is 33.4 Å². The molecule has 0 bridgehead atoms. The van der Waals surface area contributed by atoms with E-state index in [9.17, 15) is 0 Å². The average molecular weight is 282 g/mol. The Morgan fingerprint density at radius 1 is 1.25 bits per heavy atom. The van der Waals surface area contributed by atoms with Crippen molar-refractivity contribution in [3.8, 4) is 0 Å². The molecule has 20 heavy (non-hydrogen) atoms. The van der Waals surface area contributed by atoms with Crippen LogP contribution in [0, 0.1) is 0 Å². The van der Waals surface area contributed by atoms with E-state index in [-0.39, 0.29) is 5.95 Å². The first-order chi connectivity index (χ1) is 9.79. The van der Waals surface area contributed by atoms with Crippen LogP contribution in [-0.2, 0) is 9.47 Å². The average Bonchev–Trinajstić information content (AvgIpc) is 2.47. The summed E-state index contributed by atoms with van der Waals surface area (Å²) in [6.45, 7) is 4.47. The van der Waals surface area contributed by atoms with E-state index in [2.05, 4.69) is 25.2 Å². The summed E-state index contributed by atoms with van der Waals surface area (Å²) in [4.78, 5) is 14.7. The molecule has 0 aliphatic carbocycles. The Morgan fingerprint density at radius 2 is 2.05 bits per heavy atom. The fourth-order valence-corrected chi connectivity index (χ4v) is 1.94. The van der Waals surface area contributed by atoms with Gasteiger partial charge in [0.25, 0.3) is 0 Å². The predicted molar refractivity (Wildman–Crippen MR) is 76.9 cm³/mol. The molecular weight excluding hydrogens is 260 g/mol. The van der Waals surface area contributed by atoms with Gasteiger partial charge in [0.1, 0.15) is 0 Å². The van der Waals surface area contributed by atoms with Crippen LogP contribution in [-0.4, -0.2) is 61.5 Å². The number of nitrogens with two attached hydrogens (primary N) is 1. The highest BCUT2D eigenvalue weighted by molar-refractivity contribution is 5.42. The molecule has 0 aromatic carbocycles. The molecule has 8 nitrogen and oxygen atoms in total. The zero-order valence-corrected chi connectivity index (χ0v) is 11.8. The lowest BCUT2D eigenvalue weighted by atomic mass is 10.3. The van der Waals surface area contributed by atoms with E-state index in [1.165, 1.54) is 0 Å². The number of nitrogen functional groups attached to an aromatic ring is 1. The topological polar surface area (TPSA) is 98.4 Å². The molecule has 1 aliphatic heterocycles. The van der Waals surface area contributed by atoms with Gasteiger partial charge < -0.3 is 25.4 Å². The summed E-state index contributed by atoms with van der Waals surface area (Å²) in [5, 5.41) is 3.17. The molecule has 3 N–H and O–H groups in total. The van der Waals surface area contributed by atoms with E-state index < -0.39 is 0 Å². The van der Waals surface area contributed by atoms with Crippen molar-refractivity contribution in [2.24, 2.45) is 0 Å². The highest BCUT2D eigenvalue weighted by Crippen LogP contribution is 2.13. The minimum absolute atomic E-state index is 0.237. The van der Waals surface area contributed by atoms with Gasteiger partial charge in [-0.15, -0.1) is 0 Å². The Bertz CT molecular complexity index is 411. The normalized spacial score (nSPS) is 15.3. The maximum absolute atomic E-state index is 5.74. The molecule has 1 aromatic heterocycles. The Balaban J connectivity index is 1.90. The van der Waals surface area contributed by atoms with Crippen LogP contribution in [0.4, 0.5) is 17.8 Å². The van der Waals surface area contributed by atoms with Crippen LogP contribution in [0.25, 0.3) is 0 Å². The predicted octanol–water partition coefficient (Wildman–Crippen LogP) is 0.129. The van der Waals surface area contributed by atoms with Crippen molar-refractivity contribution in [2.45, 2.75) is 12.8 Å². The van der Waals surface area contributed by atoms with Crippen LogP contribution in [0.1, 0.15) is 12.8 Å². The van der Waals surface area contributed by atoms with Crippen LogP contribution in [0.15, 0.2) is 0 Å². The number of anilines is 3. The lowest BCUT2D eigenvalue weighted by molar-refractivity contribution is 0.122. The van der Waals surface area contributed by atoms with E-state index in [0.717, 1.165) is 39.1 Å². The van der Waals surface area contributed by atoms with Gasteiger partial charge in [0.05, 0.1) is 13.2 Å². The van der Waals surface area contributed by atoms with Crippen LogP contribution >= 0.6 is 0 Å². The second-order valence-corrected chi connectivity index (χ2v) is 4.54. The smallest absolute Gasteiger partial charge is 0.232 e. The van der Waals surface area contributed by atoms with Crippen molar-refractivity contribution < 1.29 is 9.47 Å². The van der Waals surface area contributed by atoms with E-state index >= 15 is 0 Å². The Labute approximate surface area is 118 Å². The van der Waals surface area contributed by atoms with Gasteiger partial charge in [0.2, 0.25) is 17.8 Å². The van der Waals surface area contributed by atoms with Gasteiger partial charge in [-0.05, 0) is 12.8 Å². The van der Waals surface area contributed by atoms with Crippen molar-refractivity contribution >= 4 is 17.8 Å². The first-order valence-corrected chi connectivity index (χ1v) is 6.86. The van der Waals surface area contributed by atoms with Crippen LogP contribution in [0.2, 0.25) is 0 Å². The number of ether oxygens (including phenoxy) is 2. The third kappa shape index (κ3) is 4.46. The van der Waals surface area contributed by atoms with Crippen LogP contribution in [0.5, 0.6) is 0 Å². The zero-order chi connectivity index (χ0) is 14.2. The van der Waals surface area contributed by atoms with Crippen molar-refractivity contribution in [3.05, 3.63) is 0 Å². The number of nitrogens with one attached hydrogen (secondary N) is 1. The molecule has 1 fully saturated rings. The molecule has 2 heterocycles. The third-order valence-corrected chi connectivity index (χ3v) is 2.99. The van der Waals surface area contributed by atoms with Crippen LogP contribution in [0.3, 0.4) is 0 Å². The van der Waals surface area contributed by atoms with Gasteiger partial charge in [-0.3, -0.25) is 0 Å². The van der Waals surface area contributed by atoms with Gasteiger partial charge >= 0.3 is 0 Å².